The molecule has 1 fully saturated rings. The molecule has 5 rings (SSSR count). The van der Waals surface area contributed by atoms with E-state index in [0.29, 0.717) is 23.7 Å². The Labute approximate surface area is 218 Å². The van der Waals surface area contributed by atoms with Crippen molar-refractivity contribution in [1.82, 2.24) is 29.8 Å². The number of carbonyl (C=O) groups excluding carboxylic acids is 1. The Morgan fingerprint density at radius 3 is 2.66 bits per heavy atom. The number of alkyl carbamates (subject to hydrolysis) is 1. The number of pyridine rings is 1. The third kappa shape index (κ3) is 4.93. The number of aromatic nitrogens is 5. The molecule has 0 bridgehead atoms. The topological polar surface area (TPSA) is 110 Å². The van der Waals surface area contributed by atoms with E-state index in [2.05, 4.69) is 40.2 Å². The van der Waals surface area contributed by atoms with Gasteiger partial charge in [-0.3, -0.25) is 0 Å². The lowest BCUT2D eigenvalue weighted by Crippen LogP contribution is -2.36. The normalized spacial score (nSPS) is 15.3. The molecule has 0 saturated carbocycles. The molecule has 198 valence electrons. The Bertz CT molecular complexity index is 1490. The zero-order valence-corrected chi connectivity index (χ0v) is 21.5. The summed E-state index contributed by atoms with van der Waals surface area (Å²) in [6.07, 6.45) is 3.10. The minimum atomic E-state index is -0.672. The summed E-state index contributed by atoms with van der Waals surface area (Å²) in [6.45, 7) is 7.18. The summed E-state index contributed by atoms with van der Waals surface area (Å²) in [7, 11) is 1.34. The fraction of sp³-hybridized carbons (Fsp3) is 0.346. The van der Waals surface area contributed by atoms with E-state index in [1.54, 1.807) is 18.3 Å². The second-order valence-corrected chi connectivity index (χ2v) is 9.43. The van der Waals surface area contributed by atoms with Gasteiger partial charge in [-0.1, -0.05) is 0 Å². The number of hydrogen-bond acceptors (Lipinski definition) is 8. The molecule has 1 aliphatic heterocycles. The van der Waals surface area contributed by atoms with Crippen molar-refractivity contribution < 1.29 is 18.3 Å². The van der Waals surface area contributed by atoms with Crippen LogP contribution in [0.15, 0.2) is 36.7 Å². The van der Waals surface area contributed by atoms with Crippen LogP contribution in [-0.4, -0.2) is 56.8 Å². The maximum atomic E-state index is 14.9. The number of anilines is 3. The Hall–Kier alpha value is -4.35. The smallest absolute Gasteiger partial charge is 0.407 e. The van der Waals surface area contributed by atoms with E-state index in [9.17, 15) is 13.6 Å². The Morgan fingerprint density at radius 2 is 1.95 bits per heavy atom. The third-order valence-corrected chi connectivity index (χ3v) is 6.51. The van der Waals surface area contributed by atoms with Crippen LogP contribution < -0.4 is 15.5 Å². The lowest BCUT2D eigenvalue weighted by Gasteiger charge is -2.18. The van der Waals surface area contributed by atoms with Crippen molar-refractivity contribution in [2.45, 2.75) is 39.3 Å². The minimum Gasteiger partial charge on any atom is -0.453 e. The van der Waals surface area contributed by atoms with Gasteiger partial charge in [0.05, 0.1) is 36.7 Å². The number of imidazole rings is 1. The number of ether oxygens (including phenoxy) is 1. The van der Waals surface area contributed by atoms with Crippen LogP contribution >= 0.6 is 0 Å². The van der Waals surface area contributed by atoms with Crippen molar-refractivity contribution in [3.63, 3.8) is 0 Å². The number of methoxy groups -OCH3 is 1. The van der Waals surface area contributed by atoms with E-state index in [1.807, 2.05) is 31.4 Å². The lowest BCUT2D eigenvalue weighted by atomic mass is 10.1. The van der Waals surface area contributed by atoms with Gasteiger partial charge in [0, 0.05) is 24.7 Å². The van der Waals surface area contributed by atoms with Crippen molar-refractivity contribution in [3.8, 4) is 11.3 Å². The molecule has 1 aliphatic rings. The van der Waals surface area contributed by atoms with E-state index < -0.39 is 17.7 Å². The molecule has 3 aromatic heterocycles. The molecule has 1 atom stereocenters. The lowest BCUT2D eigenvalue weighted by molar-refractivity contribution is 0.167. The van der Waals surface area contributed by atoms with Gasteiger partial charge in [0.1, 0.15) is 22.9 Å². The van der Waals surface area contributed by atoms with Gasteiger partial charge in [0.15, 0.2) is 11.6 Å². The number of rotatable bonds is 6. The van der Waals surface area contributed by atoms with E-state index in [1.165, 1.54) is 13.2 Å². The molecule has 1 aromatic carbocycles. The van der Waals surface area contributed by atoms with Crippen LogP contribution in [-0.2, 0) is 4.74 Å². The van der Waals surface area contributed by atoms with Gasteiger partial charge in [-0.2, -0.15) is 0 Å². The second-order valence-electron chi connectivity index (χ2n) is 9.43. The number of nitrogens with one attached hydrogen (secondary N) is 2. The highest BCUT2D eigenvalue weighted by Crippen LogP contribution is 2.30. The fourth-order valence-corrected chi connectivity index (χ4v) is 4.79. The number of carbonyl (C=O) groups is 1. The first-order chi connectivity index (χ1) is 18.2. The summed E-state index contributed by atoms with van der Waals surface area (Å²) in [5.41, 5.74) is 1.96. The Kier molecular flexibility index (Phi) is 6.79. The predicted octanol–water partition coefficient (Wildman–Crippen LogP) is 4.73. The highest BCUT2D eigenvalue weighted by molar-refractivity contribution is 5.83. The molecule has 10 nitrogen and oxygen atoms in total. The Balaban J connectivity index is 1.36. The fourth-order valence-electron chi connectivity index (χ4n) is 4.79. The molecule has 0 aliphatic carbocycles. The molecule has 1 saturated heterocycles. The highest BCUT2D eigenvalue weighted by Gasteiger charge is 2.24. The van der Waals surface area contributed by atoms with Crippen molar-refractivity contribution in [2.75, 3.05) is 30.4 Å². The largest absolute Gasteiger partial charge is 0.453 e. The first-order valence-corrected chi connectivity index (χ1v) is 12.3. The van der Waals surface area contributed by atoms with Gasteiger partial charge in [-0.25, -0.2) is 33.5 Å². The molecule has 0 spiro atoms. The van der Waals surface area contributed by atoms with Crippen LogP contribution in [0.3, 0.4) is 0 Å². The van der Waals surface area contributed by atoms with Gasteiger partial charge in [-0.05, 0) is 51.5 Å². The summed E-state index contributed by atoms with van der Waals surface area (Å²) in [5, 5.41) is 5.79. The van der Waals surface area contributed by atoms with Crippen LogP contribution in [0.1, 0.15) is 32.1 Å². The molecular weight excluding hydrogens is 494 g/mol. The first-order valence-electron chi connectivity index (χ1n) is 12.3. The maximum Gasteiger partial charge on any atom is 0.407 e. The van der Waals surface area contributed by atoms with Crippen LogP contribution in [0, 0.1) is 18.6 Å². The number of hydrogen-bond donors (Lipinski definition) is 2. The summed E-state index contributed by atoms with van der Waals surface area (Å²) in [6, 6.07) is 6.63. The minimum absolute atomic E-state index is 0.00145. The zero-order valence-electron chi connectivity index (χ0n) is 21.5. The van der Waals surface area contributed by atoms with Gasteiger partial charge < -0.3 is 24.8 Å². The Morgan fingerprint density at radius 1 is 1.13 bits per heavy atom. The number of nitrogens with zero attached hydrogens (tertiary/aromatic N) is 6. The predicted molar refractivity (Wildman–Crippen MR) is 139 cm³/mol. The van der Waals surface area contributed by atoms with Crippen LogP contribution in [0.5, 0.6) is 0 Å². The average molecular weight is 523 g/mol. The zero-order chi connectivity index (χ0) is 27.0. The molecule has 1 unspecified atom stereocenters. The molecule has 12 heteroatoms. The summed E-state index contributed by atoms with van der Waals surface area (Å²) in [4.78, 5) is 30.7. The summed E-state index contributed by atoms with van der Waals surface area (Å²) >= 11 is 0. The molecule has 4 aromatic rings. The summed E-state index contributed by atoms with van der Waals surface area (Å²) in [5.74, 6) is 0.0455. The molecule has 1 amide bonds. The number of fused-ring (bicyclic) bond motifs is 1. The van der Waals surface area contributed by atoms with Crippen molar-refractivity contribution >= 4 is 34.6 Å². The van der Waals surface area contributed by atoms with Gasteiger partial charge >= 0.3 is 6.09 Å². The van der Waals surface area contributed by atoms with Gasteiger partial charge in [0.25, 0.3) is 0 Å². The molecule has 38 heavy (non-hydrogen) atoms. The standard InChI is InChI=1S/C26H28F2N8O2/c1-14(2)36-15(3)31-24-19(27)9-16(10-21(24)36)23-20(28)12-30-25(34-23)33-22-6-5-18(11-29-22)35-8-7-17(13-35)32-26(37)38-4/h5-6,9-12,14,17H,7-8,13H2,1-4H3,(H,32,37)(H,29,30,33,34). The van der Waals surface area contributed by atoms with Crippen molar-refractivity contribution in [3.05, 3.63) is 54.1 Å². The van der Waals surface area contributed by atoms with E-state index in [-0.39, 0.29) is 34.8 Å². The molecule has 0 radical (unpaired) electrons. The van der Waals surface area contributed by atoms with E-state index in [0.717, 1.165) is 24.8 Å². The maximum absolute atomic E-state index is 14.9. The SMILES string of the molecule is COC(=O)NC1CCN(c2ccc(Nc3ncc(F)c(-c4cc(F)c5nc(C)n(C(C)C)c5c4)n3)nc2)C1. The van der Waals surface area contributed by atoms with Gasteiger partial charge in [0.2, 0.25) is 5.95 Å². The number of halogens is 2. The molecular formula is C26H28F2N8O2. The van der Waals surface area contributed by atoms with Crippen molar-refractivity contribution in [1.29, 1.82) is 0 Å². The quantitative estimate of drug-likeness (QED) is 0.374. The summed E-state index contributed by atoms with van der Waals surface area (Å²) < 4.78 is 36.3. The van der Waals surface area contributed by atoms with E-state index >= 15 is 0 Å². The van der Waals surface area contributed by atoms with Crippen molar-refractivity contribution in [2.24, 2.45) is 0 Å². The van der Waals surface area contributed by atoms with Crippen LogP contribution in [0.25, 0.3) is 22.3 Å². The molecule has 4 heterocycles. The monoisotopic (exact) mass is 522 g/mol. The highest BCUT2D eigenvalue weighted by atomic mass is 19.1. The number of aryl methyl sites for hydroxylation is 1. The third-order valence-electron chi connectivity index (χ3n) is 6.51. The number of benzene rings is 1. The average Bonchev–Trinajstić information content (AvgIpc) is 3.49. The second kappa shape index (κ2) is 10.2. The van der Waals surface area contributed by atoms with Crippen LogP contribution in [0.2, 0.25) is 0 Å². The van der Waals surface area contributed by atoms with E-state index in [4.69, 9.17) is 0 Å². The van der Waals surface area contributed by atoms with Gasteiger partial charge in [-0.15, -0.1) is 0 Å². The van der Waals surface area contributed by atoms with Crippen LogP contribution in [0.4, 0.5) is 31.0 Å². The molecule has 2 N–H and O–H groups in total. The number of amides is 1. The first kappa shape index (κ1) is 25.3.